The Kier molecular flexibility index (Phi) is 3.36. The Bertz CT molecular complexity index is 640. The molecule has 0 radical (unpaired) electrons. The molecular formula is C15H11ClF2O2. The first-order valence-electron chi connectivity index (χ1n) is 6.14. The number of benzene rings is 2. The highest BCUT2D eigenvalue weighted by Crippen LogP contribution is 2.43. The Morgan fingerprint density at radius 1 is 1.20 bits per heavy atom. The monoisotopic (exact) mass is 296 g/mol. The van der Waals surface area contributed by atoms with Crippen LogP contribution in [0.5, 0.6) is 5.75 Å². The second-order valence-corrected chi connectivity index (χ2v) is 5.08. The molecule has 2 unspecified atom stereocenters. The quantitative estimate of drug-likeness (QED) is 0.855. The second-order valence-electron chi connectivity index (χ2n) is 4.68. The van der Waals surface area contributed by atoms with Gasteiger partial charge in [0.15, 0.2) is 0 Å². The molecule has 1 N–H and O–H groups in total. The third-order valence-corrected chi connectivity index (χ3v) is 3.69. The van der Waals surface area contributed by atoms with Gasteiger partial charge in [-0.2, -0.15) is 0 Å². The minimum atomic E-state index is -0.921. The Balaban J connectivity index is 2.01. The first-order valence-corrected chi connectivity index (χ1v) is 6.52. The summed E-state index contributed by atoms with van der Waals surface area (Å²) in [6.45, 7) is 0. The number of halogens is 3. The van der Waals surface area contributed by atoms with Crippen molar-refractivity contribution in [3.63, 3.8) is 0 Å². The number of fused-ring (bicyclic) bond motifs is 1. The van der Waals surface area contributed by atoms with Crippen LogP contribution in [-0.2, 0) is 0 Å². The number of aliphatic hydroxyl groups excluding tert-OH is 1. The molecule has 0 fully saturated rings. The van der Waals surface area contributed by atoms with E-state index in [9.17, 15) is 13.9 Å². The molecule has 0 aliphatic carbocycles. The van der Waals surface area contributed by atoms with Gasteiger partial charge in [0.25, 0.3) is 0 Å². The average Bonchev–Trinajstić information content (AvgIpc) is 2.39. The van der Waals surface area contributed by atoms with E-state index in [0.717, 1.165) is 0 Å². The van der Waals surface area contributed by atoms with E-state index in [2.05, 4.69) is 0 Å². The maximum Gasteiger partial charge on any atom is 0.131 e. The van der Waals surface area contributed by atoms with Crippen LogP contribution >= 0.6 is 11.6 Å². The van der Waals surface area contributed by atoms with Gasteiger partial charge in [-0.25, -0.2) is 8.78 Å². The number of aliphatic hydroxyl groups is 1. The van der Waals surface area contributed by atoms with Crippen LogP contribution in [0.25, 0.3) is 0 Å². The maximum atomic E-state index is 13.9. The van der Waals surface area contributed by atoms with E-state index in [4.69, 9.17) is 16.3 Å². The molecule has 1 aliphatic rings. The summed E-state index contributed by atoms with van der Waals surface area (Å²) in [7, 11) is 0. The van der Waals surface area contributed by atoms with E-state index in [-0.39, 0.29) is 17.0 Å². The van der Waals surface area contributed by atoms with Crippen molar-refractivity contribution in [1.29, 1.82) is 0 Å². The minimum absolute atomic E-state index is 0.122. The molecule has 0 saturated carbocycles. The molecule has 1 heterocycles. The standard InChI is InChI=1S/C15H11ClF2O2/c16-10-2-1-3-11(18)15(10)14-7-12(19)9-6-8(17)4-5-13(9)20-14/h1-6,12,14,19H,7H2. The van der Waals surface area contributed by atoms with E-state index in [1.165, 1.54) is 30.3 Å². The first-order chi connectivity index (χ1) is 9.56. The molecule has 2 aromatic carbocycles. The summed E-state index contributed by atoms with van der Waals surface area (Å²) < 4.78 is 32.7. The highest BCUT2D eigenvalue weighted by atomic mass is 35.5. The van der Waals surface area contributed by atoms with E-state index in [1.54, 1.807) is 6.07 Å². The fraction of sp³-hybridized carbons (Fsp3) is 0.200. The largest absolute Gasteiger partial charge is 0.485 e. The van der Waals surface area contributed by atoms with Crippen molar-refractivity contribution in [1.82, 2.24) is 0 Å². The van der Waals surface area contributed by atoms with Gasteiger partial charge in [-0.15, -0.1) is 0 Å². The van der Waals surface area contributed by atoms with Gasteiger partial charge in [-0.3, -0.25) is 0 Å². The van der Waals surface area contributed by atoms with Gasteiger partial charge < -0.3 is 9.84 Å². The van der Waals surface area contributed by atoms with Gasteiger partial charge in [-0.05, 0) is 30.3 Å². The van der Waals surface area contributed by atoms with Crippen LogP contribution in [0.15, 0.2) is 36.4 Å². The van der Waals surface area contributed by atoms with Crippen molar-refractivity contribution >= 4 is 11.6 Å². The fourth-order valence-corrected chi connectivity index (χ4v) is 2.70. The second kappa shape index (κ2) is 5.04. The topological polar surface area (TPSA) is 29.5 Å². The number of rotatable bonds is 1. The molecule has 104 valence electrons. The minimum Gasteiger partial charge on any atom is -0.485 e. The SMILES string of the molecule is OC1CC(c2c(F)cccc2Cl)Oc2ccc(F)cc21. The van der Waals surface area contributed by atoms with Crippen molar-refractivity contribution < 1.29 is 18.6 Å². The van der Waals surface area contributed by atoms with Crippen molar-refractivity contribution in [2.45, 2.75) is 18.6 Å². The van der Waals surface area contributed by atoms with Gasteiger partial charge in [0.1, 0.15) is 23.5 Å². The predicted molar refractivity (Wildman–Crippen MR) is 70.8 cm³/mol. The lowest BCUT2D eigenvalue weighted by Crippen LogP contribution is -2.20. The lowest BCUT2D eigenvalue weighted by molar-refractivity contribution is 0.0637. The van der Waals surface area contributed by atoms with Crippen LogP contribution in [-0.4, -0.2) is 5.11 Å². The highest BCUT2D eigenvalue weighted by molar-refractivity contribution is 6.31. The molecule has 5 heteroatoms. The summed E-state index contributed by atoms with van der Waals surface area (Å²) in [5.41, 5.74) is 0.580. The Morgan fingerprint density at radius 3 is 2.75 bits per heavy atom. The molecular weight excluding hydrogens is 286 g/mol. The van der Waals surface area contributed by atoms with Gasteiger partial charge in [0, 0.05) is 17.5 Å². The summed E-state index contributed by atoms with van der Waals surface area (Å²) >= 11 is 6.00. The lowest BCUT2D eigenvalue weighted by Gasteiger charge is -2.30. The van der Waals surface area contributed by atoms with E-state index >= 15 is 0 Å². The van der Waals surface area contributed by atoms with Gasteiger partial charge in [0.05, 0.1) is 11.1 Å². The number of hydrogen-bond acceptors (Lipinski definition) is 2. The van der Waals surface area contributed by atoms with Gasteiger partial charge in [-0.1, -0.05) is 17.7 Å². The molecule has 0 spiro atoms. The van der Waals surface area contributed by atoms with E-state index < -0.39 is 23.8 Å². The zero-order chi connectivity index (χ0) is 14.3. The zero-order valence-electron chi connectivity index (χ0n) is 10.3. The summed E-state index contributed by atoms with van der Waals surface area (Å²) in [5, 5.41) is 10.3. The van der Waals surface area contributed by atoms with E-state index in [0.29, 0.717) is 11.3 Å². The van der Waals surface area contributed by atoms with Crippen LogP contribution < -0.4 is 4.74 Å². The van der Waals surface area contributed by atoms with Crippen molar-refractivity contribution in [2.24, 2.45) is 0 Å². The summed E-state index contributed by atoms with van der Waals surface area (Å²) in [5.74, 6) is -0.594. The molecule has 0 saturated heterocycles. The molecule has 20 heavy (non-hydrogen) atoms. The molecule has 0 bridgehead atoms. The lowest BCUT2D eigenvalue weighted by atomic mass is 9.94. The highest BCUT2D eigenvalue weighted by Gasteiger charge is 2.31. The molecule has 2 aromatic rings. The maximum absolute atomic E-state index is 13.9. The smallest absolute Gasteiger partial charge is 0.131 e. The molecule has 2 atom stereocenters. The van der Waals surface area contributed by atoms with E-state index in [1.807, 2.05) is 0 Å². The normalized spacial score (nSPS) is 21.2. The zero-order valence-corrected chi connectivity index (χ0v) is 11.1. The van der Waals surface area contributed by atoms with Gasteiger partial charge >= 0.3 is 0 Å². The molecule has 0 amide bonds. The number of ether oxygens (including phenoxy) is 1. The van der Waals surface area contributed by atoms with Crippen molar-refractivity contribution in [3.8, 4) is 5.75 Å². The third kappa shape index (κ3) is 2.25. The summed E-state index contributed by atoms with van der Waals surface area (Å²) in [6.07, 6.45) is -1.50. The number of hydrogen-bond donors (Lipinski definition) is 1. The molecule has 1 aliphatic heterocycles. The van der Waals surface area contributed by atoms with Gasteiger partial charge in [0.2, 0.25) is 0 Å². The fourth-order valence-electron chi connectivity index (χ4n) is 2.41. The van der Waals surface area contributed by atoms with Crippen LogP contribution in [0.2, 0.25) is 5.02 Å². The molecule has 0 aromatic heterocycles. The van der Waals surface area contributed by atoms with Crippen LogP contribution in [0.1, 0.15) is 29.8 Å². The van der Waals surface area contributed by atoms with Crippen LogP contribution in [0.4, 0.5) is 8.78 Å². The van der Waals surface area contributed by atoms with Crippen LogP contribution in [0.3, 0.4) is 0 Å². The Hall–Kier alpha value is -1.65. The summed E-state index contributed by atoms with van der Waals surface area (Å²) in [6, 6.07) is 8.24. The third-order valence-electron chi connectivity index (χ3n) is 3.36. The first kappa shape index (κ1) is 13.3. The Morgan fingerprint density at radius 2 is 2.00 bits per heavy atom. The average molecular weight is 297 g/mol. The molecule has 2 nitrogen and oxygen atoms in total. The van der Waals surface area contributed by atoms with Crippen molar-refractivity contribution in [3.05, 3.63) is 64.2 Å². The molecule has 3 rings (SSSR count). The Labute approximate surface area is 119 Å². The summed E-state index contributed by atoms with van der Waals surface area (Å²) in [4.78, 5) is 0. The van der Waals surface area contributed by atoms with Crippen molar-refractivity contribution in [2.75, 3.05) is 0 Å². The van der Waals surface area contributed by atoms with Crippen LogP contribution in [0, 0.1) is 11.6 Å². The predicted octanol–water partition coefficient (Wildman–Crippen LogP) is 4.18.